The highest BCUT2D eigenvalue weighted by atomic mass is 35.5. The zero-order chi connectivity index (χ0) is 30.6. The number of hydrogen-bond acceptors (Lipinski definition) is 4. The van der Waals surface area contributed by atoms with Crippen LogP contribution in [0.25, 0.3) is 0 Å². The van der Waals surface area contributed by atoms with E-state index in [9.17, 15) is 0 Å². The third-order valence-corrected chi connectivity index (χ3v) is 18.1. The number of oxime groups is 1. The Bertz CT molecular complexity index is 1880. The van der Waals surface area contributed by atoms with Crippen molar-refractivity contribution in [3.8, 4) is 0 Å². The van der Waals surface area contributed by atoms with Gasteiger partial charge in [-0.25, -0.2) is 0 Å². The summed E-state index contributed by atoms with van der Waals surface area (Å²) >= 11 is 6.74. The summed E-state index contributed by atoms with van der Waals surface area (Å²) in [6, 6.07) is 47.0. The maximum atomic E-state index is 16.4. The SMILES string of the molecule is O=P(c1ccccc1)(c1ccccc1)[C@H]1[C@H]2C[C@@H]([C@@H]3C(c4ccccc4Cl)=NO[C@@H]23)[C@@H]1P(=O)(c1ccccc1)c1ccccc1. The average Bonchev–Trinajstić information content (AvgIpc) is 3.82. The summed E-state index contributed by atoms with van der Waals surface area (Å²) in [5, 5.41) is 8.44. The normalized spacial score (nSPS) is 25.4. The van der Waals surface area contributed by atoms with Crippen molar-refractivity contribution in [2.75, 3.05) is 0 Å². The van der Waals surface area contributed by atoms with Crippen LogP contribution in [0.3, 0.4) is 0 Å². The molecule has 45 heavy (non-hydrogen) atoms. The number of rotatable bonds is 7. The highest BCUT2D eigenvalue weighted by Gasteiger charge is 2.70. The van der Waals surface area contributed by atoms with Gasteiger partial charge in [-0.15, -0.1) is 0 Å². The van der Waals surface area contributed by atoms with E-state index in [1.54, 1.807) is 0 Å². The molecule has 0 radical (unpaired) electrons. The van der Waals surface area contributed by atoms with Crippen LogP contribution < -0.4 is 21.2 Å². The molecule has 8 rings (SSSR count). The molecule has 1 aliphatic heterocycles. The van der Waals surface area contributed by atoms with Gasteiger partial charge in [0.15, 0.2) is 0 Å². The molecule has 0 amide bonds. The minimum atomic E-state index is -3.40. The molecule has 6 atom stereocenters. The molecule has 2 fully saturated rings. The van der Waals surface area contributed by atoms with Crippen molar-refractivity contribution in [1.29, 1.82) is 0 Å². The molecule has 5 aromatic rings. The van der Waals surface area contributed by atoms with Gasteiger partial charge < -0.3 is 14.0 Å². The van der Waals surface area contributed by atoms with Crippen LogP contribution in [-0.2, 0) is 14.0 Å². The molecular weight excluding hydrogens is 616 g/mol. The van der Waals surface area contributed by atoms with Crippen molar-refractivity contribution in [2.24, 2.45) is 22.9 Å². The molecule has 2 saturated carbocycles. The Morgan fingerprint density at radius 2 is 0.956 bits per heavy atom. The lowest BCUT2D eigenvalue weighted by Crippen LogP contribution is -2.50. The first-order chi connectivity index (χ1) is 22.0. The molecule has 0 saturated heterocycles. The molecule has 224 valence electrons. The van der Waals surface area contributed by atoms with Crippen LogP contribution in [0.15, 0.2) is 151 Å². The Kier molecular flexibility index (Phi) is 7.22. The molecule has 0 spiro atoms. The van der Waals surface area contributed by atoms with E-state index in [4.69, 9.17) is 16.4 Å². The van der Waals surface area contributed by atoms with Crippen LogP contribution in [0.5, 0.6) is 0 Å². The number of hydrogen-bond donors (Lipinski definition) is 0. The molecule has 0 aromatic heterocycles. The second kappa shape index (κ2) is 11.3. The van der Waals surface area contributed by atoms with Gasteiger partial charge in [0.1, 0.15) is 20.4 Å². The highest BCUT2D eigenvalue weighted by Crippen LogP contribution is 2.73. The fourth-order valence-corrected chi connectivity index (χ4v) is 17.2. The van der Waals surface area contributed by atoms with Gasteiger partial charge in [-0.05, 0) is 18.4 Å². The quantitative estimate of drug-likeness (QED) is 0.172. The Balaban J connectivity index is 1.40. The van der Waals surface area contributed by atoms with Crippen molar-refractivity contribution in [1.82, 2.24) is 0 Å². The summed E-state index contributed by atoms with van der Waals surface area (Å²) in [6.07, 6.45) is 0.477. The van der Waals surface area contributed by atoms with Crippen molar-refractivity contribution in [2.45, 2.75) is 23.8 Å². The first-order valence-corrected chi connectivity index (χ1v) is 19.4. The Morgan fingerprint density at radius 1 is 0.556 bits per heavy atom. The van der Waals surface area contributed by atoms with Crippen LogP contribution in [0.4, 0.5) is 0 Å². The molecule has 2 bridgehead atoms. The predicted octanol–water partition coefficient (Wildman–Crippen LogP) is 7.47. The molecule has 4 nitrogen and oxygen atoms in total. The Labute approximate surface area is 268 Å². The first kappa shape index (κ1) is 28.8. The van der Waals surface area contributed by atoms with Gasteiger partial charge in [-0.2, -0.15) is 0 Å². The Hall–Kier alpha value is -3.68. The minimum absolute atomic E-state index is 0.0884. The summed E-state index contributed by atoms with van der Waals surface area (Å²) in [4.78, 5) is 6.32. The van der Waals surface area contributed by atoms with E-state index >= 15 is 9.13 Å². The molecule has 0 unspecified atom stereocenters. The summed E-state index contributed by atoms with van der Waals surface area (Å²) in [5.74, 6) is -0.327. The smallest absolute Gasteiger partial charge is 0.147 e. The molecule has 7 heteroatoms. The van der Waals surface area contributed by atoms with E-state index in [1.165, 1.54) is 0 Å². The monoisotopic (exact) mass is 647 g/mol. The average molecular weight is 648 g/mol. The summed E-state index contributed by atoms with van der Waals surface area (Å²) < 4.78 is 32.7. The van der Waals surface area contributed by atoms with Gasteiger partial charge >= 0.3 is 0 Å². The standard InChI is InChI=1S/C38H32ClNO3P2/c39-33-24-14-13-23-30(33)35-34-31-25-32(36(34)43-40-35)38(45(42,28-19-9-3-10-20-28)29-21-11-4-12-22-29)37(31)44(41,26-15-5-1-6-16-26)27-17-7-2-8-18-27/h1-24,31-32,34,36-38H,25H2/t31-,32-,34+,36-,37-,38-/m0/s1. The first-order valence-electron chi connectivity index (χ1n) is 15.4. The van der Waals surface area contributed by atoms with Crippen molar-refractivity contribution < 1.29 is 14.0 Å². The van der Waals surface area contributed by atoms with E-state index in [0.29, 0.717) is 5.02 Å². The molecule has 2 aliphatic carbocycles. The number of nitrogens with zero attached hydrogens (tertiary/aromatic N) is 1. The molecule has 1 heterocycles. The molecular formula is C38H32ClNO3P2. The highest BCUT2D eigenvalue weighted by molar-refractivity contribution is 7.83. The van der Waals surface area contributed by atoms with Crippen LogP contribution in [0.2, 0.25) is 5.02 Å². The largest absolute Gasteiger partial charge is 0.391 e. The third-order valence-electron chi connectivity index (χ3n) is 10.1. The third kappa shape index (κ3) is 4.38. The zero-order valence-corrected chi connectivity index (χ0v) is 27.0. The fraction of sp³-hybridized carbons (Fsp3) is 0.184. The van der Waals surface area contributed by atoms with Crippen LogP contribution in [-0.4, -0.2) is 23.1 Å². The maximum absolute atomic E-state index is 16.4. The number of halogens is 1. The number of fused-ring (bicyclic) bond motifs is 5. The molecule has 0 N–H and O–H groups in total. The number of benzene rings is 5. The maximum Gasteiger partial charge on any atom is 0.147 e. The topological polar surface area (TPSA) is 55.7 Å². The van der Waals surface area contributed by atoms with Crippen LogP contribution in [0, 0.1) is 17.8 Å². The Morgan fingerprint density at radius 3 is 1.40 bits per heavy atom. The van der Waals surface area contributed by atoms with E-state index in [1.807, 2.05) is 146 Å². The molecule has 3 aliphatic rings. The van der Waals surface area contributed by atoms with Crippen molar-refractivity contribution in [3.05, 3.63) is 156 Å². The van der Waals surface area contributed by atoms with Gasteiger partial charge in [0.2, 0.25) is 0 Å². The fourth-order valence-electron chi connectivity index (χ4n) is 8.43. The zero-order valence-electron chi connectivity index (χ0n) is 24.5. The van der Waals surface area contributed by atoms with Gasteiger partial charge in [0, 0.05) is 55.0 Å². The van der Waals surface area contributed by atoms with Gasteiger partial charge in [0.25, 0.3) is 0 Å². The predicted molar refractivity (Wildman–Crippen MR) is 185 cm³/mol. The van der Waals surface area contributed by atoms with Crippen molar-refractivity contribution >= 4 is 52.8 Å². The summed E-state index contributed by atoms with van der Waals surface area (Å²) in [7, 11) is -6.79. The van der Waals surface area contributed by atoms with E-state index in [0.717, 1.165) is 38.9 Å². The van der Waals surface area contributed by atoms with Gasteiger partial charge in [-0.3, -0.25) is 0 Å². The van der Waals surface area contributed by atoms with Crippen LogP contribution >= 0.6 is 25.9 Å². The van der Waals surface area contributed by atoms with E-state index in [2.05, 4.69) is 5.16 Å². The van der Waals surface area contributed by atoms with Gasteiger partial charge in [0.05, 0.1) is 5.71 Å². The minimum Gasteiger partial charge on any atom is -0.391 e. The lowest BCUT2D eigenvalue weighted by Gasteiger charge is -2.44. The van der Waals surface area contributed by atoms with E-state index in [-0.39, 0.29) is 23.9 Å². The lowest BCUT2D eigenvalue weighted by molar-refractivity contribution is 0.0293. The lowest BCUT2D eigenvalue weighted by atomic mass is 9.80. The second-order valence-electron chi connectivity index (χ2n) is 12.3. The van der Waals surface area contributed by atoms with Crippen LogP contribution in [0.1, 0.15) is 12.0 Å². The van der Waals surface area contributed by atoms with Gasteiger partial charge in [-0.1, -0.05) is 156 Å². The summed E-state index contributed by atoms with van der Waals surface area (Å²) in [5.41, 5.74) is 0.802. The van der Waals surface area contributed by atoms with Crippen molar-refractivity contribution in [3.63, 3.8) is 0 Å². The molecule has 5 aromatic carbocycles. The second-order valence-corrected chi connectivity index (χ2v) is 18.6. The summed E-state index contributed by atoms with van der Waals surface area (Å²) in [6.45, 7) is 0. The van der Waals surface area contributed by atoms with E-state index < -0.39 is 25.6 Å².